The van der Waals surface area contributed by atoms with Crippen molar-refractivity contribution >= 4 is 5.69 Å². The highest BCUT2D eigenvalue weighted by Crippen LogP contribution is 2.26. The average Bonchev–Trinajstić information content (AvgIpc) is 2.87. The number of rotatable bonds is 5. The summed E-state index contributed by atoms with van der Waals surface area (Å²) < 4.78 is 31.0. The molecule has 1 aromatic carbocycles. The summed E-state index contributed by atoms with van der Waals surface area (Å²) in [5.41, 5.74) is 7.50. The molecular weight excluding hydrogens is 250 g/mol. The van der Waals surface area contributed by atoms with Crippen LogP contribution >= 0.6 is 0 Å². The number of anilines is 1. The minimum absolute atomic E-state index is 0.442. The lowest BCUT2D eigenvalue weighted by Gasteiger charge is -2.22. The summed E-state index contributed by atoms with van der Waals surface area (Å²) in [5, 5.41) is 0. The van der Waals surface area contributed by atoms with Crippen LogP contribution in [0, 0.1) is 0 Å². The smallest absolute Gasteiger partial charge is 0.119 e. The van der Waals surface area contributed by atoms with Crippen molar-refractivity contribution in [2.75, 3.05) is 31.8 Å². The first-order valence-electron chi connectivity index (χ1n) is 6.49. The Hall–Kier alpha value is -1.20. The van der Waals surface area contributed by atoms with Crippen molar-refractivity contribution in [3.63, 3.8) is 0 Å². The van der Waals surface area contributed by atoms with Gasteiger partial charge < -0.3 is 15.4 Å². The van der Waals surface area contributed by atoms with E-state index in [0.29, 0.717) is 13.0 Å². The molecule has 0 radical (unpaired) electrons. The van der Waals surface area contributed by atoms with Crippen molar-refractivity contribution in [1.29, 1.82) is 0 Å². The van der Waals surface area contributed by atoms with Crippen molar-refractivity contribution in [1.82, 2.24) is 0 Å². The van der Waals surface area contributed by atoms with E-state index < -0.39 is 25.0 Å². The minimum Gasteiger partial charge on any atom is -0.375 e. The van der Waals surface area contributed by atoms with E-state index in [1.54, 1.807) is 0 Å². The first kappa shape index (κ1) is 14.2. The molecule has 5 heteroatoms. The fourth-order valence-corrected chi connectivity index (χ4v) is 2.47. The van der Waals surface area contributed by atoms with Crippen LogP contribution in [-0.4, -0.2) is 39.1 Å². The Balaban J connectivity index is 2.09. The number of alkyl halides is 2. The molecule has 2 rings (SSSR count). The zero-order chi connectivity index (χ0) is 13.8. The molecule has 0 unspecified atom stereocenters. The van der Waals surface area contributed by atoms with Gasteiger partial charge in [0.15, 0.2) is 0 Å². The van der Waals surface area contributed by atoms with E-state index in [2.05, 4.69) is 0 Å². The van der Waals surface area contributed by atoms with Crippen LogP contribution in [0.4, 0.5) is 14.5 Å². The molecule has 1 aromatic rings. The second kappa shape index (κ2) is 6.30. The molecule has 106 valence electrons. The Kier molecular flexibility index (Phi) is 4.71. The van der Waals surface area contributed by atoms with E-state index in [1.165, 1.54) is 7.11 Å². The molecule has 0 aliphatic carbocycles. The fourth-order valence-electron chi connectivity index (χ4n) is 2.47. The Morgan fingerprint density at radius 2 is 2.11 bits per heavy atom. The van der Waals surface area contributed by atoms with E-state index in [0.717, 1.165) is 17.8 Å². The lowest BCUT2D eigenvalue weighted by Crippen LogP contribution is -2.31. The van der Waals surface area contributed by atoms with Gasteiger partial charge in [-0.1, -0.05) is 12.1 Å². The van der Waals surface area contributed by atoms with Crippen molar-refractivity contribution in [3.8, 4) is 0 Å². The number of halogens is 2. The monoisotopic (exact) mass is 270 g/mol. The SMILES string of the molecule is CO[C@H](c1ccc(N2CC[C@H](F)C2)cc1)[C@H](N)CF. The number of hydrogen-bond acceptors (Lipinski definition) is 3. The Bertz CT molecular complexity index is 399. The first-order chi connectivity index (χ1) is 9.15. The quantitative estimate of drug-likeness (QED) is 0.891. The van der Waals surface area contributed by atoms with Gasteiger partial charge in [0.2, 0.25) is 0 Å². The molecule has 3 atom stereocenters. The summed E-state index contributed by atoms with van der Waals surface area (Å²) in [6.07, 6.45) is -0.618. The lowest BCUT2D eigenvalue weighted by molar-refractivity contribution is 0.0721. The molecule has 0 bridgehead atoms. The zero-order valence-electron chi connectivity index (χ0n) is 11.1. The predicted molar refractivity (Wildman–Crippen MR) is 71.9 cm³/mol. The van der Waals surface area contributed by atoms with Gasteiger partial charge in [-0.3, -0.25) is 0 Å². The largest absolute Gasteiger partial charge is 0.375 e. The Labute approximate surface area is 112 Å². The zero-order valence-corrected chi connectivity index (χ0v) is 11.1. The fraction of sp³-hybridized carbons (Fsp3) is 0.571. The minimum atomic E-state index is -0.744. The van der Waals surface area contributed by atoms with Gasteiger partial charge in [-0.2, -0.15) is 0 Å². The number of nitrogens with zero attached hydrogens (tertiary/aromatic N) is 1. The van der Waals surface area contributed by atoms with Gasteiger partial charge in [-0.15, -0.1) is 0 Å². The second-order valence-electron chi connectivity index (χ2n) is 4.90. The topological polar surface area (TPSA) is 38.5 Å². The van der Waals surface area contributed by atoms with Crippen LogP contribution in [0.15, 0.2) is 24.3 Å². The summed E-state index contributed by atoms with van der Waals surface area (Å²) in [4.78, 5) is 2.01. The highest BCUT2D eigenvalue weighted by Gasteiger charge is 2.23. The van der Waals surface area contributed by atoms with Crippen LogP contribution in [-0.2, 0) is 4.74 Å². The van der Waals surface area contributed by atoms with Gasteiger partial charge in [-0.05, 0) is 24.1 Å². The standard InChI is InChI=1S/C14H20F2N2O/c1-19-14(13(17)8-15)10-2-4-12(5-3-10)18-7-6-11(16)9-18/h2-5,11,13-14H,6-9,17H2,1H3/t11-,13+,14+/m0/s1. The third-order valence-electron chi connectivity index (χ3n) is 3.54. The van der Waals surface area contributed by atoms with Crippen LogP contribution in [0.2, 0.25) is 0 Å². The third kappa shape index (κ3) is 3.22. The van der Waals surface area contributed by atoms with E-state index in [4.69, 9.17) is 10.5 Å². The van der Waals surface area contributed by atoms with Crippen molar-refractivity contribution in [2.24, 2.45) is 5.73 Å². The molecule has 1 aliphatic heterocycles. The van der Waals surface area contributed by atoms with Crippen molar-refractivity contribution in [3.05, 3.63) is 29.8 Å². The molecular formula is C14H20F2N2O. The van der Waals surface area contributed by atoms with Gasteiger partial charge in [0.1, 0.15) is 12.8 Å². The first-order valence-corrected chi connectivity index (χ1v) is 6.49. The average molecular weight is 270 g/mol. The molecule has 1 aliphatic rings. The Morgan fingerprint density at radius 3 is 2.58 bits per heavy atom. The van der Waals surface area contributed by atoms with Crippen molar-refractivity contribution < 1.29 is 13.5 Å². The highest BCUT2D eigenvalue weighted by atomic mass is 19.1. The van der Waals surface area contributed by atoms with E-state index in [9.17, 15) is 8.78 Å². The van der Waals surface area contributed by atoms with E-state index >= 15 is 0 Å². The highest BCUT2D eigenvalue weighted by molar-refractivity contribution is 5.49. The summed E-state index contributed by atoms with van der Waals surface area (Å²) in [6.45, 7) is 0.547. The van der Waals surface area contributed by atoms with Crippen LogP contribution in [0.25, 0.3) is 0 Å². The number of hydrogen-bond donors (Lipinski definition) is 1. The van der Waals surface area contributed by atoms with Crippen LogP contribution in [0.1, 0.15) is 18.1 Å². The molecule has 0 saturated carbocycles. The molecule has 2 N–H and O–H groups in total. The predicted octanol–water partition coefficient (Wildman–Crippen LogP) is 2.22. The van der Waals surface area contributed by atoms with Crippen LogP contribution in [0.5, 0.6) is 0 Å². The number of ether oxygens (including phenoxy) is 1. The molecule has 0 aromatic heterocycles. The maximum absolute atomic E-state index is 13.2. The van der Waals surface area contributed by atoms with Gasteiger partial charge in [0, 0.05) is 25.9 Å². The number of nitrogens with two attached hydrogens (primary N) is 1. The maximum atomic E-state index is 13.2. The molecule has 3 nitrogen and oxygen atoms in total. The van der Waals surface area contributed by atoms with Crippen molar-refractivity contribution in [2.45, 2.75) is 24.7 Å². The van der Waals surface area contributed by atoms with Gasteiger partial charge in [-0.25, -0.2) is 8.78 Å². The summed E-state index contributed by atoms with van der Waals surface area (Å²) >= 11 is 0. The molecule has 0 spiro atoms. The molecule has 19 heavy (non-hydrogen) atoms. The van der Waals surface area contributed by atoms with Gasteiger partial charge >= 0.3 is 0 Å². The molecule has 1 heterocycles. The third-order valence-corrected chi connectivity index (χ3v) is 3.54. The molecule has 1 saturated heterocycles. The van der Waals surface area contributed by atoms with E-state index in [-0.39, 0.29) is 0 Å². The van der Waals surface area contributed by atoms with E-state index in [1.807, 2.05) is 29.2 Å². The lowest BCUT2D eigenvalue weighted by atomic mass is 10.0. The molecule has 1 fully saturated rings. The summed E-state index contributed by atoms with van der Waals surface area (Å²) in [7, 11) is 1.52. The second-order valence-corrected chi connectivity index (χ2v) is 4.90. The number of benzene rings is 1. The summed E-state index contributed by atoms with van der Waals surface area (Å²) in [6, 6.07) is 6.88. The van der Waals surface area contributed by atoms with Gasteiger partial charge in [0.05, 0.1) is 12.1 Å². The number of methoxy groups -OCH3 is 1. The van der Waals surface area contributed by atoms with Gasteiger partial charge in [0.25, 0.3) is 0 Å². The normalized spacial score (nSPS) is 22.5. The molecule has 0 amide bonds. The summed E-state index contributed by atoms with van der Waals surface area (Å²) in [5.74, 6) is 0. The van der Waals surface area contributed by atoms with Crippen LogP contribution < -0.4 is 10.6 Å². The van der Waals surface area contributed by atoms with Crippen LogP contribution in [0.3, 0.4) is 0 Å². The Morgan fingerprint density at radius 1 is 1.42 bits per heavy atom. The maximum Gasteiger partial charge on any atom is 0.119 e.